The molecule has 0 bridgehead atoms. The standard InChI is InChI=1S/C26H28ClN5O3/c1-35-22-12-11-18(27)16-20(22)26(34)31-14-6-9-21(31)25(33)28-19-8-5-7-17(15-19)24-30-29-23-10-3-2-4-13-32(23)24/h5,7-8,11-12,15-16,21H,2-4,6,9-10,13-14H2,1H3,(H,28,33). The molecule has 1 aromatic heterocycles. The Morgan fingerprint density at radius 1 is 1.06 bits per heavy atom. The molecule has 2 aromatic carbocycles. The van der Waals surface area contributed by atoms with Gasteiger partial charge in [0.1, 0.15) is 17.6 Å². The van der Waals surface area contributed by atoms with Gasteiger partial charge in [-0.25, -0.2) is 0 Å². The van der Waals surface area contributed by atoms with E-state index in [9.17, 15) is 9.59 Å². The first-order valence-electron chi connectivity index (χ1n) is 12.0. The molecule has 1 unspecified atom stereocenters. The summed E-state index contributed by atoms with van der Waals surface area (Å²) in [7, 11) is 1.51. The van der Waals surface area contributed by atoms with Crippen molar-refractivity contribution in [2.24, 2.45) is 0 Å². The molecule has 35 heavy (non-hydrogen) atoms. The Labute approximate surface area is 209 Å². The van der Waals surface area contributed by atoms with Gasteiger partial charge in [-0.15, -0.1) is 10.2 Å². The van der Waals surface area contributed by atoms with Gasteiger partial charge in [0.05, 0.1) is 12.7 Å². The zero-order valence-electron chi connectivity index (χ0n) is 19.7. The van der Waals surface area contributed by atoms with E-state index in [2.05, 4.69) is 20.1 Å². The number of methoxy groups -OCH3 is 1. The normalized spacial score (nSPS) is 17.5. The Morgan fingerprint density at radius 2 is 1.94 bits per heavy atom. The van der Waals surface area contributed by atoms with Crippen LogP contribution in [0.5, 0.6) is 5.75 Å². The van der Waals surface area contributed by atoms with Crippen molar-refractivity contribution in [1.29, 1.82) is 0 Å². The predicted molar refractivity (Wildman–Crippen MR) is 134 cm³/mol. The number of benzene rings is 2. The lowest BCUT2D eigenvalue weighted by Crippen LogP contribution is -2.43. The molecular weight excluding hydrogens is 466 g/mol. The molecule has 1 atom stereocenters. The molecule has 1 saturated heterocycles. The topological polar surface area (TPSA) is 89.3 Å². The maximum absolute atomic E-state index is 13.3. The monoisotopic (exact) mass is 493 g/mol. The first-order valence-corrected chi connectivity index (χ1v) is 12.4. The number of nitrogens with one attached hydrogen (secondary N) is 1. The minimum Gasteiger partial charge on any atom is -0.496 e. The summed E-state index contributed by atoms with van der Waals surface area (Å²) in [4.78, 5) is 28.2. The molecule has 0 saturated carbocycles. The Hall–Kier alpha value is -3.39. The summed E-state index contributed by atoms with van der Waals surface area (Å²) in [6, 6.07) is 12.0. The molecule has 8 nitrogen and oxygen atoms in total. The van der Waals surface area contributed by atoms with E-state index in [1.807, 2.05) is 24.3 Å². The fourth-order valence-electron chi connectivity index (χ4n) is 4.94. The molecule has 3 heterocycles. The summed E-state index contributed by atoms with van der Waals surface area (Å²) in [5.74, 6) is 1.80. The third-order valence-electron chi connectivity index (χ3n) is 6.71. The Balaban J connectivity index is 1.34. The number of fused-ring (bicyclic) bond motifs is 1. The van der Waals surface area contributed by atoms with Crippen LogP contribution in [0.3, 0.4) is 0 Å². The summed E-state index contributed by atoms with van der Waals surface area (Å²) < 4.78 is 7.53. The van der Waals surface area contributed by atoms with Gasteiger partial charge in [-0.3, -0.25) is 9.59 Å². The van der Waals surface area contributed by atoms with Crippen molar-refractivity contribution in [3.8, 4) is 17.1 Å². The molecule has 5 rings (SSSR count). The van der Waals surface area contributed by atoms with Crippen LogP contribution in [0.1, 0.15) is 48.3 Å². The van der Waals surface area contributed by atoms with Crippen LogP contribution < -0.4 is 10.1 Å². The minimum atomic E-state index is -0.570. The highest BCUT2D eigenvalue weighted by Crippen LogP contribution is 2.29. The van der Waals surface area contributed by atoms with Gasteiger partial charge >= 0.3 is 0 Å². The number of nitrogens with zero attached hydrogens (tertiary/aromatic N) is 4. The summed E-state index contributed by atoms with van der Waals surface area (Å²) in [5.41, 5.74) is 1.93. The highest BCUT2D eigenvalue weighted by atomic mass is 35.5. The van der Waals surface area contributed by atoms with E-state index in [-0.39, 0.29) is 11.8 Å². The van der Waals surface area contributed by atoms with Crippen molar-refractivity contribution < 1.29 is 14.3 Å². The van der Waals surface area contributed by atoms with E-state index in [4.69, 9.17) is 16.3 Å². The van der Waals surface area contributed by atoms with Crippen LogP contribution in [0, 0.1) is 0 Å². The van der Waals surface area contributed by atoms with E-state index >= 15 is 0 Å². The molecule has 1 N–H and O–H groups in total. The van der Waals surface area contributed by atoms with Crippen LogP contribution in [0.25, 0.3) is 11.4 Å². The Morgan fingerprint density at radius 3 is 2.80 bits per heavy atom. The maximum Gasteiger partial charge on any atom is 0.258 e. The number of aryl methyl sites for hydroxylation is 1. The van der Waals surface area contributed by atoms with E-state index in [1.54, 1.807) is 23.1 Å². The largest absolute Gasteiger partial charge is 0.496 e. The van der Waals surface area contributed by atoms with Crippen LogP contribution in [0.15, 0.2) is 42.5 Å². The fraction of sp³-hybridized carbons (Fsp3) is 0.385. The number of ether oxygens (including phenoxy) is 1. The van der Waals surface area contributed by atoms with Gasteiger partial charge < -0.3 is 19.5 Å². The van der Waals surface area contributed by atoms with E-state index in [0.29, 0.717) is 35.0 Å². The average Bonchev–Trinajstić information content (AvgIpc) is 3.45. The Kier molecular flexibility index (Phi) is 6.72. The first-order chi connectivity index (χ1) is 17.0. The molecule has 3 aromatic rings. The predicted octanol–water partition coefficient (Wildman–Crippen LogP) is 4.58. The van der Waals surface area contributed by atoms with Crippen LogP contribution >= 0.6 is 11.6 Å². The highest BCUT2D eigenvalue weighted by molar-refractivity contribution is 6.31. The van der Waals surface area contributed by atoms with Crippen LogP contribution in [-0.2, 0) is 17.8 Å². The third-order valence-corrected chi connectivity index (χ3v) is 6.94. The number of halogens is 1. The van der Waals surface area contributed by atoms with E-state index in [0.717, 1.165) is 49.4 Å². The number of rotatable bonds is 5. The maximum atomic E-state index is 13.3. The average molecular weight is 494 g/mol. The second-order valence-corrected chi connectivity index (χ2v) is 9.41. The SMILES string of the molecule is COc1ccc(Cl)cc1C(=O)N1CCCC1C(=O)Nc1cccc(-c2nnc3n2CCCCC3)c1. The number of hydrogen-bond acceptors (Lipinski definition) is 5. The Bertz CT molecular complexity index is 1260. The number of carbonyl (C=O) groups is 2. The minimum absolute atomic E-state index is 0.214. The number of carbonyl (C=O) groups excluding carboxylic acids is 2. The molecule has 1 fully saturated rings. The van der Waals surface area contributed by atoms with Gasteiger partial charge in [0.15, 0.2) is 5.82 Å². The van der Waals surface area contributed by atoms with Crippen molar-refractivity contribution in [1.82, 2.24) is 19.7 Å². The van der Waals surface area contributed by atoms with Crippen LogP contribution in [0.2, 0.25) is 5.02 Å². The molecule has 0 spiro atoms. The lowest BCUT2D eigenvalue weighted by molar-refractivity contribution is -0.119. The van der Waals surface area contributed by atoms with Crippen molar-refractivity contribution in [2.45, 2.75) is 51.1 Å². The highest BCUT2D eigenvalue weighted by Gasteiger charge is 2.35. The van der Waals surface area contributed by atoms with Gasteiger partial charge in [-0.2, -0.15) is 0 Å². The lowest BCUT2D eigenvalue weighted by Gasteiger charge is -2.25. The molecule has 2 aliphatic heterocycles. The summed E-state index contributed by atoms with van der Waals surface area (Å²) >= 11 is 6.12. The smallest absolute Gasteiger partial charge is 0.258 e. The van der Waals surface area contributed by atoms with Crippen molar-refractivity contribution >= 4 is 29.1 Å². The molecule has 0 aliphatic carbocycles. The lowest BCUT2D eigenvalue weighted by atomic mass is 10.1. The van der Waals surface area contributed by atoms with Crippen molar-refractivity contribution in [3.05, 3.63) is 58.9 Å². The van der Waals surface area contributed by atoms with Gasteiger partial charge in [-0.1, -0.05) is 30.2 Å². The molecule has 2 aliphatic rings. The molecular formula is C26H28ClN5O3. The zero-order valence-corrected chi connectivity index (χ0v) is 20.4. The molecule has 2 amide bonds. The third kappa shape index (κ3) is 4.75. The van der Waals surface area contributed by atoms with Gasteiger partial charge in [0, 0.05) is 35.8 Å². The van der Waals surface area contributed by atoms with E-state index < -0.39 is 6.04 Å². The van der Waals surface area contributed by atoms with Crippen LogP contribution in [0.4, 0.5) is 5.69 Å². The summed E-state index contributed by atoms with van der Waals surface area (Å²) in [6.07, 6.45) is 5.71. The van der Waals surface area contributed by atoms with Gasteiger partial charge in [-0.05, 0) is 56.0 Å². The number of hydrogen-bond donors (Lipinski definition) is 1. The quantitative estimate of drug-likeness (QED) is 0.562. The number of amides is 2. The van der Waals surface area contributed by atoms with Crippen molar-refractivity contribution in [3.63, 3.8) is 0 Å². The van der Waals surface area contributed by atoms with Gasteiger partial charge in [0.25, 0.3) is 5.91 Å². The second kappa shape index (κ2) is 10.1. The second-order valence-electron chi connectivity index (χ2n) is 8.97. The first kappa shape index (κ1) is 23.4. The fourth-order valence-corrected chi connectivity index (χ4v) is 5.12. The van der Waals surface area contributed by atoms with Gasteiger partial charge in [0.2, 0.25) is 5.91 Å². The molecule has 0 radical (unpaired) electrons. The number of anilines is 1. The van der Waals surface area contributed by atoms with Crippen LogP contribution in [-0.4, -0.2) is 51.2 Å². The zero-order chi connectivity index (χ0) is 24.4. The van der Waals surface area contributed by atoms with E-state index in [1.165, 1.54) is 13.5 Å². The number of aromatic nitrogens is 3. The van der Waals surface area contributed by atoms with Crippen molar-refractivity contribution in [2.75, 3.05) is 19.0 Å². The number of likely N-dealkylation sites (tertiary alicyclic amines) is 1. The summed E-state index contributed by atoms with van der Waals surface area (Å²) in [6.45, 7) is 1.40. The molecule has 9 heteroatoms. The summed E-state index contributed by atoms with van der Waals surface area (Å²) in [5, 5.41) is 12.3. The molecule has 182 valence electrons.